The molecule has 0 bridgehead atoms. The summed E-state index contributed by atoms with van der Waals surface area (Å²) in [4.78, 5) is 13.2. The summed E-state index contributed by atoms with van der Waals surface area (Å²) in [6, 6.07) is 0.136. The molecule has 1 N–H and O–H groups in total. The summed E-state index contributed by atoms with van der Waals surface area (Å²) in [7, 11) is 0. The monoisotopic (exact) mass is 199 g/mol. The third-order valence-corrected chi connectivity index (χ3v) is 3.35. The molecule has 0 amide bonds. The maximum absolute atomic E-state index is 11.1. The largest absolute Gasteiger partial charge is 0.480 e. The predicted molar refractivity (Wildman–Crippen MR) is 56.3 cm³/mol. The van der Waals surface area contributed by atoms with Crippen molar-refractivity contribution in [1.29, 1.82) is 0 Å². The zero-order valence-corrected chi connectivity index (χ0v) is 9.36. The first-order chi connectivity index (χ1) is 6.56. The van der Waals surface area contributed by atoms with Crippen molar-refractivity contribution in [1.82, 2.24) is 4.90 Å². The Morgan fingerprint density at radius 2 is 2.29 bits per heavy atom. The number of carboxylic acids is 1. The summed E-state index contributed by atoms with van der Waals surface area (Å²) >= 11 is 0. The van der Waals surface area contributed by atoms with Crippen LogP contribution in [0.1, 0.15) is 40.0 Å². The van der Waals surface area contributed by atoms with Gasteiger partial charge in [0.1, 0.15) is 6.04 Å². The molecular weight excluding hydrogens is 178 g/mol. The van der Waals surface area contributed by atoms with Gasteiger partial charge in [0.15, 0.2) is 0 Å². The van der Waals surface area contributed by atoms with Gasteiger partial charge in [0.25, 0.3) is 0 Å². The zero-order chi connectivity index (χ0) is 10.7. The van der Waals surface area contributed by atoms with E-state index >= 15 is 0 Å². The Balaban J connectivity index is 2.67. The Morgan fingerprint density at radius 1 is 1.64 bits per heavy atom. The maximum Gasteiger partial charge on any atom is 0.320 e. The molecule has 1 rings (SSSR count). The van der Waals surface area contributed by atoms with Crippen molar-refractivity contribution in [2.45, 2.75) is 52.1 Å². The van der Waals surface area contributed by atoms with Crippen LogP contribution in [-0.4, -0.2) is 34.6 Å². The van der Waals surface area contributed by atoms with Crippen LogP contribution in [0.5, 0.6) is 0 Å². The van der Waals surface area contributed by atoms with Crippen molar-refractivity contribution in [3.05, 3.63) is 0 Å². The fourth-order valence-electron chi connectivity index (χ4n) is 2.16. The van der Waals surface area contributed by atoms with Crippen LogP contribution in [-0.2, 0) is 4.79 Å². The van der Waals surface area contributed by atoms with Gasteiger partial charge in [-0.15, -0.1) is 0 Å². The van der Waals surface area contributed by atoms with Crippen molar-refractivity contribution >= 4 is 5.97 Å². The smallest absolute Gasteiger partial charge is 0.320 e. The molecule has 1 fully saturated rings. The van der Waals surface area contributed by atoms with E-state index in [9.17, 15) is 4.79 Å². The third kappa shape index (κ3) is 2.47. The molecule has 3 heteroatoms. The number of carboxylic acid groups (broad SMARTS) is 1. The second-order valence-corrected chi connectivity index (χ2v) is 4.48. The summed E-state index contributed by atoms with van der Waals surface area (Å²) in [5, 5.41) is 9.13. The normalized spacial score (nSPS) is 31.4. The lowest BCUT2D eigenvalue weighted by molar-refractivity contribution is -0.146. The Labute approximate surface area is 86.1 Å². The van der Waals surface area contributed by atoms with Crippen molar-refractivity contribution in [3.63, 3.8) is 0 Å². The summed E-state index contributed by atoms with van der Waals surface area (Å²) in [5.41, 5.74) is 0. The van der Waals surface area contributed by atoms with Crippen molar-refractivity contribution in [2.75, 3.05) is 6.54 Å². The van der Waals surface area contributed by atoms with Gasteiger partial charge in [-0.2, -0.15) is 0 Å². The summed E-state index contributed by atoms with van der Waals surface area (Å²) in [6.07, 6.45) is 2.96. The van der Waals surface area contributed by atoms with E-state index in [-0.39, 0.29) is 6.04 Å². The van der Waals surface area contributed by atoms with Crippen LogP contribution in [0.3, 0.4) is 0 Å². The Morgan fingerprint density at radius 3 is 2.79 bits per heavy atom. The van der Waals surface area contributed by atoms with Gasteiger partial charge >= 0.3 is 5.97 Å². The molecule has 0 aromatic heterocycles. The van der Waals surface area contributed by atoms with Gasteiger partial charge in [0.2, 0.25) is 0 Å². The number of aliphatic carboxylic acids is 1. The van der Waals surface area contributed by atoms with Crippen LogP contribution in [0.4, 0.5) is 0 Å². The minimum Gasteiger partial charge on any atom is -0.480 e. The molecule has 82 valence electrons. The van der Waals surface area contributed by atoms with Gasteiger partial charge < -0.3 is 5.11 Å². The molecule has 1 heterocycles. The number of hydrogen-bond acceptors (Lipinski definition) is 2. The van der Waals surface area contributed by atoms with Crippen LogP contribution in [0.15, 0.2) is 0 Å². The quantitative estimate of drug-likeness (QED) is 0.755. The Hall–Kier alpha value is -0.570. The average Bonchev–Trinajstić information content (AvgIpc) is 2.16. The van der Waals surface area contributed by atoms with E-state index in [1.165, 1.54) is 0 Å². The highest BCUT2D eigenvalue weighted by atomic mass is 16.4. The van der Waals surface area contributed by atoms with E-state index in [0.717, 1.165) is 25.8 Å². The average molecular weight is 199 g/mol. The number of piperidine rings is 1. The van der Waals surface area contributed by atoms with Crippen molar-refractivity contribution < 1.29 is 9.90 Å². The molecule has 0 aliphatic carbocycles. The minimum absolute atomic E-state index is 0.256. The van der Waals surface area contributed by atoms with Crippen LogP contribution >= 0.6 is 0 Å². The zero-order valence-electron chi connectivity index (χ0n) is 9.36. The first kappa shape index (κ1) is 11.5. The molecular formula is C11H21NO2. The minimum atomic E-state index is -0.656. The lowest BCUT2D eigenvalue weighted by atomic mass is 9.91. The SMILES string of the molecule is CCC(C)N1CCC(C)CC1C(=O)O. The molecule has 3 nitrogen and oxygen atoms in total. The van der Waals surface area contributed by atoms with E-state index in [1.807, 2.05) is 0 Å². The first-order valence-electron chi connectivity index (χ1n) is 5.54. The third-order valence-electron chi connectivity index (χ3n) is 3.35. The molecule has 0 radical (unpaired) electrons. The number of nitrogens with zero attached hydrogens (tertiary/aromatic N) is 1. The Kier molecular flexibility index (Phi) is 3.93. The molecule has 0 saturated carbocycles. The first-order valence-corrected chi connectivity index (χ1v) is 5.54. The van der Waals surface area contributed by atoms with Gasteiger partial charge in [-0.3, -0.25) is 9.69 Å². The fourth-order valence-corrected chi connectivity index (χ4v) is 2.16. The highest BCUT2D eigenvalue weighted by Crippen LogP contribution is 2.25. The molecule has 1 saturated heterocycles. The summed E-state index contributed by atoms with van der Waals surface area (Å²) < 4.78 is 0. The van der Waals surface area contributed by atoms with Gasteiger partial charge in [-0.05, 0) is 38.6 Å². The number of likely N-dealkylation sites (tertiary alicyclic amines) is 1. The van der Waals surface area contributed by atoms with E-state index in [2.05, 4.69) is 25.7 Å². The second kappa shape index (κ2) is 4.78. The predicted octanol–water partition coefficient (Wildman–Crippen LogP) is 1.97. The lowest BCUT2D eigenvalue weighted by Gasteiger charge is -2.39. The second-order valence-electron chi connectivity index (χ2n) is 4.48. The fraction of sp³-hybridized carbons (Fsp3) is 0.909. The van der Waals surface area contributed by atoms with Crippen LogP contribution < -0.4 is 0 Å². The summed E-state index contributed by atoms with van der Waals surface area (Å²) in [6.45, 7) is 7.31. The number of hydrogen-bond donors (Lipinski definition) is 1. The van der Waals surface area contributed by atoms with Gasteiger partial charge in [0.05, 0.1) is 0 Å². The van der Waals surface area contributed by atoms with E-state index < -0.39 is 5.97 Å². The topological polar surface area (TPSA) is 40.5 Å². The lowest BCUT2D eigenvalue weighted by Crippen LogP contribution is -2.50. The Bertz CT molecular complexity index is 205. The van der Waals surface area contributed by atoms with Gasteiger partial charge in [-0.25, -0.2) is 0 Å². The molecule has 0 aromatic rings. The van der Waals surface area contributed by atoms with Gasteiger partial charge in [-0.1, -0.05) is 13.8 Å². The highest BCUT2D eigenvalue weighted by Gasteiger charge is 2.33. The molecule has 3 atom stereocenters. The molecule has 3 unspecified atom stereocenters. The standard InChI is InChI=1S/C11H21NO2/c1-4-9(3)12-6-5-8(2)7-10(12)11(13)14/h8-10H,4-7H2,1-3H3,(H,13,14). The maximum atomic E-state index is 11.1. The van der Waals surface area contributed by atoms with Crippen LogP contribution in [0, 0.1) is 5.92 Å². The van der Waals surface area contributed by atoms with Crippen LogP contribution in [0.25, 0.3) is 0 Å². The van der Waals surface area contributed by atoms with E-state index in [0.29, 0.717) is 12.0 Å². The van der Waals surface area contributed by atoms with Crippen molar-refractivity contribution in [3.8, 4) is 0 Å². The molecule has 0 spiro atoms. The molecule has 1 aliphatic rings. The van der Waals surface area contributed by atoms with Crippen molar-refractivity contribution in [2.24, 2.45) is 5.92 Å². The van der Waals surface area contributed by atoms with E-state index in [4.69, 9.17) is 5.11 Å². The number of rotatable bonds is 3. The van der Waals surface area contributed by atoms with Crippen LogP contribution in [0.2, 0.25) is 0 Å². The molecule has 0 aromatic carbocycles. The van der Waals surface area contributed by atoms with Gasteiger partial charge in [0, 0.05) is 6.04 Å². The summed E-state index contributed by atoms with van der Waals surface area (Å²) in [5.74, 6) is -0.103. The highest BCUT2D eigenvalue weighted by molar-refractivity contribution is 5.73. The molecule has 1 aliphatic heterocycles. The number of carbonyl (C=O) groups is 1. The van der Waals surface area contributed by atoms with E-state index in [1.54, 1.807) is 0 Å². The molecule has 14 heavy (non-hydrogen) atoms.